The van der Waals surface area contributed by atoms with Crippen molar-refractivity contribution in [3.63, 3.8) is 0 Å². The molecule has 0 spiro atoms. The molecule has 1 heterocycles. The molecule has 0 aliphatic carbocycles. The van der Waals surface area contributed by atoms with Crippen LogP contribution in [0.3, 0.4) is 0 Å². The lowest BCUT2D eigenvalue weighted by Crippen LogP contribution is -1.91. The summed E-state index contributed by atoms with van der Waals surface area (Å²) in [5, 5.41) is 1.06. The molecule has 1 aromatic heterocycles. The molecule has 0 aliphatic heterocycles. The molecule has 3 heteroatoms. The van der Waals surface area contributed by atoms with E-state index in [1.807, 2.05) is 55.5 Å². The van der Waals surface area contributed by atoms with Gasteiger partial charge in [-0.1, -0.05) is 18.2 Å². The van der Waals surface area contributed by atoms with Crippen LogP contribution in [0.25, 0.3) is 10.9 Å². The van der Waals surface area contributed by atoms with Crippen molar-refractivity contribution in [2.45, 2.75) is 6.92 Å². The molecule has 0 amide bonds. The van der Waals surface area contributed by atoms with Gasteiger partial charge in [-0.05, 0) is 36.8 Å². The first-order valence-electron chi connectivity index (χ1n) is 6.11. The molecule has 0 atom stereocenters. The van der Waals surface area contributed by atoms with Crippen molar-refractivity contribution in [1.82, 2.24) is 4.98 Å². The van der Waals surface area contributed by atoms with Crippen LogP contribution in [0.1, 0.15) is 5.56 Å². The molecule has 0 saturated heterocycles. The van der Waals surface area contributed by atoms with E-state index in [1.54, 1.807) is 6.20 Å². The second-order valence-corrected chi connectivity index (χ2v) is 4.51. The highest BCUT2D eigenvalue weighted by Crippen LogP contribution is 2.29. The fraction of sp³-hybridized carbons (Fsp3) is 0.0625. The smallest absolute Gasteiger partial charge is 0.153 e. The molecule has 0 saturated carbocycles. The maximum absolute atomic E-state index is 5.91. The molecule has 0 aliphatic rings. The first kappa shape index (κ1) is 11.5. The van der Waals surface area contributed by atoms with Crippen LogP contribution in [0.15, 0.2) is 54.7 Å². The monoisotopic (exact) mass is 250 g/mol. The van der Waals surface area contributed by atoms with Gasteiger partial charge in [0.25, 0.3) is 0 Å². The number of aryl methyl sites for hydroxylation is 1. The number of benzene rings is 2. The summed E-state index contributed by atoms with van der Waals surface area (Å²) in [6, 6.07) is 15.5. The Morgan fingerprint density at radius 2 is 1.89 bits per heavy atom. The zero-order chi connectivity index (χ0) is 13.2. The van der Waals surface area contributed by atoms with E-state index in [9.17, 15) is 0 Å². The Kier molecular flexibility index (Phi) is 2.80. The number of fused-ring (bicyclic) bond motifs is 1. The van der Waals surface area contributed by atoms with Gasteiger partial charge < -0.3 is 10.5 Å². The minimum atomic E-state index is 0.697. The predicted octanol–water partition coefficient (Wildman–Crippen LogP) is 3.92. The van der Waals surface area contributed by atoms with Gasteiger partial charge in [-0.3, -0.25) is 4.98 Å². The second kappa shape index (κ2) is 4.61. The molecule has 3 rings (SSSR count). The number of rotatable bonds is 2. The fourth-order valence-electron chi connectivity index (χ4n) is 2.12. The summed E-state index contributed by atoms with van der Waals surface area (Å²) in [6.45, 7) is 1.99. The van der Waals surface area contributed by atoms with Crippen LogP contribution in [0, 0.1) is 6.92 Å². The molecule has 0 unspecified atom stereocenters. The summed E-state index contributed by atoms with van der Waals surface area (Å²) < 4.78 is 5.91. The number of ether oxygens (including phenoxy) is 1. The topological polar surface area (TPSA) is 48.1 Å². The van der Waals surface area contributed by atoms with E-state index < -0.39 is 0 Å². The lowest BCUT2D eigenvalue weighted by molar-refractivity contribution is 0.487. The van der Waals surface area contributed by atoms with E-state index in [2.05, 4.69) is 4.98 Å². The SMILES string of the molecule is Cc1cc(N)cc(Oc2cccc3cccnc23)c1. The third kappa shape index (κ3) is 2.36. The number of para-hydroxylation sites is 1. The molecule has 2 aromatic carbocycles. The summed E-state index contributed by atoms with van der Waals surface area (Å²) in [5.74, 6) is 1.47. The van der Waals surface area contributed by atoms with Crippen LogP contribution in [0.2, 0.25) is 0 Å². The summed E-state index contributed by atoms with van der Waals surface area (Å²) in [4.78, 5) is 4.37. The molecule has 0 radical (unpaired) electrons. The summed E-state index contributed by atoms with van der Waals surface area (Å²) in [6.07, 6.45) is 1.76. The minimum absolute atomic E-state index is 0.697. The Balaban J connectivity index is 2.05. The van der Waals surface area contributed by atoms with Crippen LogP contribution >= 0.6 is 0 Å². The standard InChI is InChI=1S/C16H14N2O/c1-11-8-13(17)10-14(9-11)19-15-6-2-4-12-5-3-7-18-16(12)15/h2-10H,17H2,1H3. The zero-order valence-corrected chi connectivity index (χ0v) is 10.6. The Morgan fingerprint density at radius 3 is 2.74 bits per heavy atom. The number of nitrogens with two attached hydrogens (primary N) is 1. The molecule has 0 bridgehead atoms. The molecule has 19 heavy (non-hydrogen) atoms. The Bertz CT molecular complexity index is 712. The third-order valence-electron chi connectivity index (χ3n) is 2.90. The van der Waals surface area contributed by atoms with Gasteiger partial charge in [0.15, 0.2) is 5.75 Å². The molecular weight excluding hydrogens is 236 g/mol. The number of nitrogens with zero attached hydrogens (tertiary/aromatic N) is 1. The van der Waals surface area contributed by atoms with Crippen molar-refractivity contribution in [2.75, 3.05) is 5.73 Å². The van der Waals surface area contributed by atoms with Gasteiger partial charge >= 0.3 is 0 Å². The zero-order valence-electron chi connectivity index (χ0n) is 10.6. The molecule has 2 N–H and O–H groups in total. The van der Waals surface area contributed by atoms with Crippen molar-refractivity contribution in [3.8, 4) is 11.5 Å². The number of nitrogen functional groups attached to an aromatic ring is 1. The van der Waals surface area contributed by atoms with Crippen LogP contribution in [0.4, 0.5) is 5.69 Å². The molecule has 3 aromatic rings. The van der Waals surface area contributed by atoms with Gasteiger partial charge in [0.1, 0.15) is 11.3 Å². The first-order valence-corrected chi connectivity index (χ1v) is 6.11. The van der Waals surface area contributed by atoms with E-state index >= 15 is 0 Å². The van der Waals surface area contributed by atoms with Gasteiger partial charge in [0.2, 0.25) is 0 Å². The van der Waals surface area contributed by atoms with E-state index in [1.165, 1.54) is 0 Å². The Hall–Kier alpha value is -2.55. The van der Waals surface area contributed by atoms with Crippen molar-refractivity contribution in [2.24, 2.45) is 0 Å². The van der Waals surface area contributed by atoms with Gasteiger partial charge in [-0.15, -0.1) is 0 Å². The quantitative estimate of drug-likeness (QED) is 0.701. The van der Waals surface area contributed by atoms with Crippen molar-refractivity contribution in [1.29, 1.82) is 0 Å². The highest BCUT2D eigenvalue weighted by Gasteiger charge is 2.05. The van der Waals surface area contributed by atoms with Crippen molar-refractivity contribution >= 4 is 16.6 Å². The molecular formula is C16H14N2O. The average Bonchev–Trinajstić information content (AvgIpc) is 2.38. The molecule has 3 nitrogen and oxygen atoms in total. The Labute approximate surface area is 111 Å². The lowest BCUT2D eigenvalue weighted by Gasteiger charge is -2.09. The van der Waals surface area contributed by atoms with Gasteiger partial charge in [-0.2, -0.15) is 0 Å². The van der Waals surface area contributed by atoms with E-state index in [4.69, 9.17) is 10.5 Å². The van der Waals surface area contributed by atoms with Crippen molar-refractivity contribution in [3.05, 3.63) is 60.3 Å². The molecule has 0 fully saturated rings. The number of pyridine rings is 1. The van der Waals surface area contributed by atoms with E-state index in [0.717, 1.165) is 28.0 Å². The van der Waals surface area contributed by atoms with Gasteiger partial charge in [-0.25, -0.2) is 0 Å². The average molecular weight is 250 g/mol. The van der Waals surface area contributed by atoms with Crippen LogP contribution in [-0.4, -0.2) is 4.98 Å². The third-order valence-corrected chi connectivity index (χ3v) is 2.90. The molecule has 94 valence electrons. The maximum Gasteiger partial charge on any atom is 0.153 e. The van der Waals surface area contributed by atoms with E-state index in [-0.39, 0.29) is 0 Å². The number of hydrogen-bond donors (Lipinski definition) is 1. The highest BCUT2D eigenvalue weighted by atomic mass is 16.5. The van der Waals surface area contributed by atoms with Crippen molar-refractivity contribution < 1.29 is 4.74 Å². The number of anilines is 1. The van der Waals surface area contributed by atoms with Gasteiger partial charge in [0, 0.05) is 23.3 Å². The summed E-state index contributed by atoms with van der Waals surface area (Å²) >= 11 is 0. The van der Waals surface area contributed by atoms with Crippen LogP contribution in [0.5, 0.6) is 11.5 Å². The number of aromatic nitrogens is 1. The summed E-state index contributed by atoms with van der Waals surface area (Å²) in [5.41, 5.74) is 8.45. The minimum Gasteiger partial charge on any atom is -0.455 e. The van der Waals surface area contributed by atoms with Crippen LogP contribution < -0.4 is 10.5 Å². The highest BCUT2D eigenvalue weighted by molar-refractivity contribution is 5.84. The Morgan fingerprint density at radius 1 is 1.05 bits per heavy atom. The largest absolute Gasteiger partial charge is 0.455 e. The van der Waals surface area contributed by atoms with Crippen LogP contribution in [-0.2, 0) is 0 Å². The number of hydrogen-bond acceptors (Lipinski definition) is 3. The van der Waals surface area contributed by atoms with Gasteiger partial charge in [0.05, 0.1) is 0 Å². The first-order chi connectivity index (χ1) is 9.22. The summed E-state index contributed by atoms with van der Waals surface area (Å²) in [7, 11) is 0. The predicted molar refractivity (Wildman–Crippen MR) is 77.4 cm³/mol. The second-order valence-electron chi connectivity index (χ2n) is 4.51. The lowest BCUT2D eigenvalue weighted by atomic mass is 10.2. The van der Waals surface area contributed by atoms with E-state index in [0.29, 0.717) is 5.69 Å². The fourth-order valence-corrected chi connectivity index (χ4v) is 2.12. The maximum atomic E-state index is 5.91. The normalized spacial score (nSPS) is 10.6.